The Morgan fingerprint density at radius 2 is 0.917 bits per heavy atom. The van der Waals surface area contributed by atoms with Crippen molar-refractivity contribution in [1.82, 2.24) is 0 Å². The molecule has 0 aromatic heterocycles. The molecule has 0 bridgehead atoms. The number of carbonyl (C=O) groups excluding carboxylic acids is 2. The second-order valence-corrected chi connectivity index (χ2v) is 17.6. The Morgan fingerprint density at radius 1 is 0.500 bits per heavy atom. The highest BCUT2D eigenvalue weighted by atomic mass is 16.7. The molecule has 0 radical (unpaired) electrons. The first kappa shape index (κ1) is 56.5. The number of allylic oxidation sites excluding steroid dienone is 2. The van der Waals surface area contributed by atoms with Crippen LogP contribution < -0.4 is 0 Å². The van der Waals surface area contributed by atoms with E-state index in [-0.39, 0.29) is 32.0 Å². The van der Waals surface area contributed by atoms with Crippen molar-refractivity contribution in [3.8, 4) is 0 Å². The Balaban J connectivity index is 2.26. The van der Waals surface area contributed by atoms with Crippen LogP contribution in [-0.2, 0) is 28.5 Å². The maximum absolute atomic E-state index is 12.8. The van der Waals surface area contributed by atoms with Gasteiger partial charge in [0.25, 0.3) is 0 Å². The molecule has 10 heteroatoms. The van der Waals surface area contributed by atoms with Gasteiger partial charge in [-0.15, -0.1) is 0 Å². The molecular weight excluding hydrogens is 761 g/mol. The van der Waals surface area contributed by atoms with Crippen molar-refractivity contribution in [3.63, 3.8) is 0 Å². The molecule has 1 rings (SSSR count). The summed E-state index contributed by atoms with van der Waals surface area (Å²) in [6.45, 7) is 3.43. The second-order valence-electron chi connectivity index (χ2n) is 17.6. The van der Waals surface area contributed by atoms with Gasteiger partial charge in [-0.05, 0) is 25.7 Å². The van der Waals surface area contributed by atoms with E-state index >= 15 is 0 Å². The number of rotatable bonds is 43. The summed E-state index contributed by atoms with van der Waals surface area (Å²) in [6, 6.07) is 0. The highest BCUT2D eigenvalue weighted by Gasteiger charge is 2.44. The number of aliphatic hydroxyl groups excluding tert-OH is 4. The SMILES string of the molecule is CCCCCCCCCCCCC/C=C/CCC(=O)O[C@@H](COC(=O)CCCCCCCCCCCCCCCCCCCCCC)CO[C@H]1O[C@@H](CO)[C@@H](O)C(O)C1O. The predicted octanol–water partition coefficient (Wildman–Crippen LogP) is 11.5. The van der Waals surface area contributed by atoms with Crippen LogP contribution in [0, 0.1) is 0 Å². The van der Waals surface area contributed by atoms with Crippen molar-refractivity contribution < 1.29 is 49.0 Å². The van der Waals surface area contributed by atoms with Crippen LogP contribution in [0.5, 0.6) is 0 Å². The van der Waals surface area contributed by atoms with E-state index in [1.807, 2.05) is 6.08 Å². The third-order valence-electron chi connectivity index (χ3n) is 11.9. The maximum atomic E-state index is 12.8. The van der Waals surface area contributed by atoms with E-state index < -0.39 is 49.4 Å². The van der Waals surface area contributed by atoms with Gasteiger partial charge in [-0.2, -0.15) is 0 Å². The zero-order chi connectivity index (χ0) is 43.7. The smallest absolute Gasteiger partial charge is 0.306 e. The molecule has 0 spiro atoms. The van der Waals surface area contributed by atoms with Crippen LogP contribution in [0.4, 0.5) is 0 Å². The zero-order valence-electron chi connectivity index (χ0n) is 38.7. The Bertz CT molecular complexity index is 990. The minimum Gasteiger partial charge on any atom is -0.462 e. The molecule has 6 atom stereocenters. The van der Waals surface area contributed by atoms with E-state index in [1.54, 1.807) is 0 Å². The molecule has 60 heavy (non-hydrogen) atoms. The number of hydrogen-bond donors (Lipinski definition) is 4. The summed E-state index contributed by atoms with van der Waals surface area (Å²) >= 11 is 0. The van der Waals surface area contributed by atoms with Gasteiger partial charge in [-0.1, -0.05) is 212 Å². The summed E-state index contributed by atoms with van der Waals surface area (Å²) in [7, 11) is 0. The van der Waals surface area contributed by atoms with Crippen LogP contribution in [0.1, 0.15) is 239 Å². The van der Waals surface area contributed by atoms with Crippen LogP contribution in [-0.4, -0.2) is 89.0 Å². The summed E-state index contributed by atoms with van der Waals surface area (Å²) in [5, 5.41) is 40.1. The monoisotopic (exact) mass is 855 g/mol. The van der Waals surface area contributed by atoms with Gasteiger partial charge in [-0.3, -0.25) is 9.59 Å². The van der Waals surface area contributed by atoms with Gasteiger partial charge in [0.05, 0.1) is 13.2 Å². The fourth-order valence-corrected chi connectivity index (χ4v) is 7.91. The normalized spacial score (nSPS) is 19.9. The molecular formula is C50H94O10. The highest BCUT2D eigenvalue weighted by Crippen LogP contribution is 2.23. The molecule has 1 fully saturated rings. The van der Waals surface area contributed by atoms with Crippen LogP contribution >= 0.6 is 0 Å². The van der Waals surface area contributed by atoms with E-state index in [9.17, 15) is 30.0 Å². The predicted molar refractivity (Wildman–Crippen MR) is 243 cm³/mol. The highest BCUT2D eigenvalue weighted by molar-refractivity contribution is 5.70. The number of aliphatic hydroxyl groups is 4. The van der Waals surface area contributed by atoms with Crippen LogP contribution in [0.25, 0.3) is 0 Å². The number of unbranched alkanes of at least 4 members (excludes halogenated alkanes) is 30. The van der Waals surface area contributed by atoms with E-state index in [1.165, 1.54) is 173 Å². The van der Waals surface area contributed by atoms with E-state index in [0.717, 1.165) is 32.1 Å². The summed E-state index contributed by atoms with van der Waals surface area (Å²) in [5.74, 6) is -0.849. The maximum Gasteiger partial charge on any atom is 0.306 e. The molecule has 0 saturated carbocycles. The van der Waals surface area contributed by atoms with Gasteiger partial charge >= 0.3 is 11.9 Å². The standard InChI is InChI=1S/C50H94O10/c1-3-5-7-9-11-13-15-17-19-20-21-22-23-25-26-28-30-32-34-36-38-45(52)57-41-43(42-58-50-49(56)48(55)47(54)44(40-51)60-50)59-46(53)39-37-35-33-31-29-27-24-18-16-14-12-10-8-6-4-2/h33,35,43-44,47-51,54-56H,3-32,34,36-42H2,1-2H3/b35-33+/t43-,44-,47+,48?,49?,50-/m0/s1. The lowest BCUT2D eigenvalue weighted by molar-refractivity contribution is -0.305. The fraction of sp³-hybridized carbons (Fsp3) is 0.920. The van der Waals surface area contributed by atoms with Crippen LogP contribution in [0.15, 0.2) is 12.2 Å². The number of carbonyl (C=O) groups is 2. The molecule has 1 aliphatic heterocycles. The molecule has 354 valence electrons. The largest absolute Gasteiger partial charge is 0.462 e. The summed E-state index contributed by atoms with van der Waals surface area (Å²) in [5.41, 5.74) is 0. The first-order valence-electron chi connectivity index (χ1n) is 25.3. The lowest BCUT2D eigenvalue weighted by Gasteiger charge is -2.39. The Labute approximate surface area is 367 Å². The Morgan fingerprint density at radius 3 is 1.37 bits per heavy atom. The molecule has 2 unspecified atom stereocenters. The average molecular weight is 855 g/mol. The average Bonchev–Trinajstić information content (AvgIpc) is 3.25. The Kier molecular flexibility index (Phi) is 39.0. The summed E-state index contributed by atoms with van der Waals surface area (Å²) in [6.07, 6.45) is 38.1. The van der Waals surface area contributed by atoms with Crippen molar-refractivity contribution in [3.05, 3.63) is 12.2 Å². The summed E-state index contributed by atoms with van der Waals surface area (Å²) in [4.78, 5) is 25.4. The molecule has 0 aliphatic carbocycles. The van der Waals surface area contributed by atoms with Crippen LogP contribution in [0.3, 0.4) is 0 Å². The van der Waals surface area contributed by atoms with Gasteiger partial charge in [0.15, 0.2) is 12.4 Å². The molecule has 0 aromatic rings. The van der Waals surface area contributed by atoms with Crippen molar-refractivity contribution in [2.45, 2.75) is 275 Å². The second kappa shape index (κ2) is 41.5. The van der Waals surface area contributed by atoms with Gasteiger partial charge in [-0.25, -0.2) is 0 Å². The first-order valence-corrected chi connectivity index (χ1v) is 25.3. The molecule has 1 heterocycles. The minimum atomic E-state index is -1.60. The molecule has 0 aromatic carbocycles. The zero-order valence-corrected chi connectivity index (χ0v) is 38.7. The quantitative estimate of drug-likeness (QED) is 0.0265. The fourth-order valence-electron chi connectivity index (χ4n) is 7.91. The van der Waals surface area contributed by atoms with Crippen LogP contribution in [0.2, 0.25) is 0 Å². The lowest BCUT2D eigenvalue weighted by Crippen LogP contribution is -2.59. The minimum absolute atomic E-state index is 0.151. The lowest BCUT2D eigenvalue weighted by atomic mass is 9.99. The van der Waals surface area contributed by atoms with Gasteiger partial charge in [0, 0.05) is 12.8 Å². The van der Waals surface area contributed by atoms with Crippen molar-refractivity contribution in [2.75, 3.05) is 19.8 Å². The van der Waals surface area contributed by atoms with Crippen molar-refractivity contribution >= 4 is 11.9 Å². The molecule has 10 nitrogen and oxygen atoms in total. The molecule has 0 amide bonds. The third-order valence-corrected chi connectivity index (χ3v) is 11.9. The number of hydrogen-bond acceptors (Lipinski definition) is 10. The molecule has 1 saturated heterocycles. The van der Waals surface area contributed by atoms with Gasteiger partial charge in [0.2, 0.25) is 0 Å². The van der Waals surface area contributed by atoms with Crippen molar-refractivity contribution in [2.24, 2.45) is 0 Å². The van der Waals surface area contributed by atoms with E-state index in [2.05, 4.69) is 19.9 Å². The van der Waals surface area contributed by atoms with Gasteiger partial charge in [0.1, 0.15) is 31.0 Å². The number of ether oxygens (including phenoxy) is 4. The van der Waals surface area contributed by atoms with E-state index in [4.69, 9.17) is 18.9 Å². The third kappa shape index (κ3) is 32.2. The van der Waals surface area contributed by atoms with Gasteiger partial charge < -0.3 is 39.4 Å². The van der Waals surface area contributed by atoms with E-state index in [0.29, 0.717) is 6.42 Å². The first-order chi connectivity index (χ1) is 29.3. The summed E-state index contributed by atoms with van der Waals surface area (Å²) < 4.78 is 22.2. The topological polar surface area (TPSA) is 152 Å². The molecule has 4 N–H and O–H groups in total. The van der Waals surface area contributed by atoms with Crippen molar-refractivity contribution in [1.29, 1.82) is 0 Å². The molecule has 1 aliphatic rings. The Hall–Kier alpha value is -1.56. The number of esters is 2.